The van der Waals surface area contributed by atoms with E-state index in [-0.39, 0.29) is 11.4 Å². The number of carbonyl (C=O) groups is 1. The Morgan fingerprint density at radius 2 is 2.06 bits per heavy atom. The van der Waals surface area contributed by atoms with E-state index < -0.39 is 17.2 Å². The summed E-state index contributed by atoms with van der Waals surface area (Å²) in [6, 6.07) is 3.50. The molecule has 0 spiro atoms. The molecule has 5 rings (SSSR count). The van der Waals surface area contributed by atoms with Crippen LogP contribution in [0.1, 0.15) is 64.9 Å². The Morgan fingerprint density at radius 3 is 2.71 bits per heavy atom. The van der Waals surface area contributed by atoms with Crippen LogP contribution < -0.4 is 10.1 Å². The second-order valence-corrected chi connectivity index (χ2v) is 10.6. The van der Waals surface area contributed by atoms with Crippen LogP contribution in [0.25, 0.3) is 15.9 Å². The van der Waals surface area contributed by atoms with Crippen molar-refractivity contribution < 1.29 is 23.4 Å². The highest BCUT2D eigenvalue weighted by Crippen LogP contribution is 2.46. The van der Waals surface area contributed by atoms with Gasteiger partial charge in [0.2, 0.25) is 12.4 Å². The molecule has 2 saturated heterocycles. The first-order chi connectivity index (χ1) is 16.6. The lowest BCUT2D eigenvalue weighted by Crippen LogP contribution is -2.63. The third-order valence-electron chi connectivity index (χ3n) is 6.77. The summed E-state index contributed by atoms with van der Waals surface area (Å²) in [7, 11) is 0. The first kappa shape index (κ1) is 25.1. The van der Waals surface area contributed by atoms with Gasteiger partial charge in [-0.25, -0.2) is 20.7 Å². The number of aromatic nitrogens is 2. The molecule has 9 heteroatoms. The van der Waals surface area contributed by atoms with Crippen molar-refractivity contribution in [3.8, 4) is 5.88 Å². The molecule has 2 aliphatic heterocycles. The quantitative estimate of drug-likeness (QED) is 0.419. The van der Waals surface area contributed by atoms with Crippen LogP contribution in [0.4, 0.5) is 9.18 Å². The van der Waals surface area contributed by atoms with Gasteiger partial charge in [-0.1, -0.05) is 0 Å². The fourth-order valence-electron chi connectivity index (χ4n) is 4.84. The van der Waals surface area contributed by atoms with Crippen molar-refractivity contribution in [2.45, 2.75) is 82.5 Å². The molecular formula is C26H33FN4O4. The van der Waals surface area contributed by atoms with Gasteiger partial charge in [0.1, 0.15) is 11.4 Å². The summed E-state index contributed by atoms with van der Waals surface area (Å²) in [6.07, 6.45) is 5.73. The Labute approximate surface area is 205 Å². The minimum Gasteiger partial charge on any atom is -0.477 e. The van der Waals surface area contributed by atoms with Gasteiger partial charge < -0.3 is 24.4 Å². The van der Waals surface area contributed by atoms with Crippen LogP contribution in [-0.2, 0) is 15.9 Å². The topological polar surface area (TPSA) is 86.9 Å². The third-order valence-corrected chi connectivity index (χ3v) is 6.77. The number of rotatable bonds is 8. The van der Waals surface area contributed by atoms with Crippen molar-refractivity contribution in [2.24, 2.45) is 0 Å². The largest absolute Gasteiger partial charge is 0.477 e. The Kier molecular flexibility index (Phi) is 7.13. The number of nitrogens with one attached hydrogen (secondary N) is 1. The Morgan fingerprint density at radius 1 is 1.29 bits per heavy atom. The summed E-state index contributed by atoms with van der Waals surface area (Å²) >= 11 is 0. The monoisotopic (exact) mass is 484 g/mol. The Hall–Kier alpha value is -2.99. The molecule has 2 aromatic heterocycles. The highest BCUT2D eigenvalue weighted by Gasteiger charge is 2.50. The molecule has 1 aliphatic carbocycles. The van der Waals surface area contributed by atoms with E-state index >= 15 is 0 Å². The SMILES string of the molecule is [C-]#[N+]CCCOc1ccc2ncc(F)c(CCC34CCC(NC(=O)OC(C)(C)C)(CC3)CO4)c2n1. The van der Waals surface area contributed by atoms with Crippen LogP contribution in [0.2, 0.25) is 0 Å². The molecule has 2 bridgehead atoms. The smallest absolute Gasteiger partial charge is 0.408 e. The van der Waals surface area contributed by atoms with Gasteiger partial charge >= 0.3 is 6.09 Å². The van der Waals surface area contributed by atoms with Gasteiger partial charge in [0.15, 0.2) is 0 Å². The number of pyridine rings is 2. The standard InChI is InChI=1S/C26H33FN4O4/c1-24(2,3)35-23(32)31-25-10-12-26(13-11-25,34-17-25)9-8-18-19(27)16-29-20-6-7-21(30-22(18)20)33-15-5-14-28-4/h6-7,16H,5,8-15,17H2,1-3H3,(H,31,32). The van der Waals surface area contributed by atoms with Crippen molar-refractivity contribution >= 4 is 17.1 Å². The molecule has 0 atom stereocenters. The maximum Gasteiger partial charge on any atom is 0.408 e. The van der Waals surface area contributed by atoms with Gasteiger partial charge in [-0.3, -0.25) is 4.98 Å². The number of alkyl carbamates (subject to hydrolysis) is 1. The van der Waals surface area contributed by atoms with E-state index in [1.54, 1.807) is 12.1 Å². The van der Waals surface area contributed by atoms with Crippen molar-refractivity contribution in [1.82, 2.24) is 15.3 Å². The summed E-state index contributed by atoms with van der Waals surface area (Å²) < 4.78 is 32.2. The van der Waals surface area contributed by atoms with E-state index in [1.807, 2.05) is 20.8 Å². The van der Waals surface area contributed by atoms with Gasteiger partial charge in [-0.2, -0.15) is 0 Å². The fraction of sp³-hybridized carbons (Fsp3) is 0.615. The number of carbonyl (C=O) groups excluding carboxylic acids is 1. The van der Waals surface area contributed by atoms with Crippen LogP contribution in [0.15, 0.2) is 18.3 Å². The summed E-state index contributed by atoms with van der Waals surface area (Å²) in [5.41, 5.74) is 0.321. The van der Waals surface area contributed by atoms with Gasteiger partial charge in [0.25, 0.3) is 0 Å². The second-order valence-electron chi connectivity index (χ2n) is 10.6. The summed E-state index contributed by atoms with van der Waals surface area (Å²) in [5, 5.41) is 3.04. The van der Waals surface area contributed by atoms with Crippen LogP contribution in [0, 0.1) is 12.4 Å². The minimum atomic E-state index is -0.553. The van der Waals surface area contributed by atoms with Gasteiger partial charge in [-0.05, 0) is 65.4 Å². The predicted octanol–water partition coefficient (Wildman–Crippen LogP) is 5.00. The summed E-state index contributed by atoms with van der Waals surface area (Å²) in [6.45, 7) is 13.6. The molecule has 1 saturated carbocycles. The number of hydrogen-bond donors (Lipinski definition) is 1. The number of hydrogen-bond acceptors (Lipinski definition) is 6. The molecule has 0 unspecified atom stereocenters. The zero-order valence-electron chi connectivity index (χ0n) is 20.7. The van der Waals surface area contributed by atoms with Gasteiger partial charge in [-0.15, -0.1) is 0 Å². The third kappa shape index (κ3) is 5.99. The first-order valence-corrected chi connectivity index (χ1v) is 12.2. The van der Waals surface area contributed by atoms with E-state index in [0.29, 0.717) is 61.5 Å². The zero-order valence-corrected chi connectivity index (χ0v) is 20.7. The fourth-order valence-corrected chi connectivity index (χ4v) is 4.84. The molecule has 35 heavy (non-hydrogen) atoms. The highest BCUT2D eigenvalue weighted by molar-refractivity contribution is 5.78. The van der Waals surface area contributed by atoms with Crippen molar-refractivity contribution in [2.75, 3.05) is 19.8 Å². The van der Waals surface area contributed by atoms with Crippen molar-refractivity contribution in [3.63, 3.8) is 0 Å². The maximum absolute atomic E-state index is 14.9. The predicted molar refractivity (Wildman–Crippen MR) is 129 cm³/mol. The minimum absolute atomic E-state index is 0.340. The lowest BCUT2D eigenvalue weighted by atomic mass is 9.69. The number of ether oxygens (including phenoxy) is 3. The molecule has 3 fully saturated rings. The van der Waals surface area contributed by atoms with Crippen molar-refractivity contribution in [1.29, 1.82) is 0 Å². The van der Waals surface area contributed by atoms with E-state index in [1.165, 1.54) is 6.20 Å². The second kappa shape index (κ2) is 9.94. The van der Waals surface area contributed by atoms with Crippen LogP contribution >= 0.6 is 0 Å². The van der Waals surface area contributed by atoms with E-state index in [9.17, 15) is 9.18 Å². The molecule has 188 valence electrons. The number of fused-ring (bicyclic) bond motifs is 4. The van der Waals surface area contributed by atoms with E-state index in [4.69, 9.17) is 20.8 Å². The number of nitrogens with zero attached hydrogens (tertiary/aromatic N) is 3. The first-order valence-electron chi connectivity index (χ1n) is 12.2. The highest BCUT2D eigenvalue weighted by atomic mass is 19.1. The molecule has 1 N–H and O–H groups in total. The lowest BCUT2D eigenvalue weighted by Gasteiger charge is -2.53. The van der Waals surface area contributed by atoms with Crippen molar-refractivity contribution in [3.05, 3.63) is 41.1 Å². The van der Waals surface area contributed by atoms with Gasteiger partial charge in [0, 0.05) is 11.6 Å². The molecule has 3 aliphatic rings. The maximum atomic E-state index is 14.9. The molecular weight excluding hydrogens is 451 g/mol. The average Bonchev–Trinajstić information content (AvgIpc) is 2.81. The molecule has 0 aromatic carbocycles. The van der Waals surface area contributed by atoms with E-state index in [0.717, 1.165) is 25.7 Å². The number of aryl methyl sites for hydroxylation is 1. The van der Waals surface area contributed by atoms with Crippen LogP contribution in [-0.4, -0.2) is 52.6 Å². The molecule has 0 radical (unpaired) electrons. The van der Waals surface area contributed by atoms with Gasteiger partial charge in [0.05, 0.1) is 48.0 Å². The van der Waals surface area contributed by atoms with Crippen LogP contribution in [0.5, 0.6) is 5.88 Å². The number of halogens is 1. The average molecular weight is 485 g/mol. The number of amides is 1. The van der Waals surface area contributed by atoms with E-state index in [2.05, 4.69) is 20.1 Å². The molecule has 2 aromatic rings. The zero-order chi connectivity index (χ0) is 25.1. The Bertz CT molecular complexity index is 1100. The van der Waals surface area contributed by atoms with Crippen LogP contribution in [0.3, 0.4) is 0 Å². The Balaban J connectivity index is 1.41. The lowest BCUT2D eigenvalue weighted by molar-refractivity contribution is -0.163. The molecule has 4 heterocycles. The summed E-state index contributed by atoms with van der Waals surface area (Å²) in [5.74, 6) is 0.0120. The summed E-state index contributed by atoms with van der Waals surface area (Å²) in [4.78, 5) is 24.3. The molecule has 1 amide bonds. The normalized spacial score (nSPS) is 23.6. The molecule has 8 nitrogen and oxygen atoms in total.